The zero-order valence-electron chi connectivity index (χ0n) is 7.24. The van der Waals surface area contributed by atoms with Crippen LogP contribution in [-0.4, -0.2) is 16.6 Å². The maximum Gasteiger partial charge on any atom is 0.232 e. The minimum Gasteiger partial charge on any atom is -0.476 e. The van der Waals surface area contributed by atoms with Crippen molar-refractivity contribution in [1.82, 2.24) is 9.97 Å². The largest absolute Gasteiger partial charge is 0.476 e. The molecule has 1 heterocycles. The zero-order valence-corrected chi connectivity index (χ0v) is 8.00. The fourth-order valence-electron chi connectivity index (χ4n) is 1.01. The number of ether oxygens (including phenoxy) is 1. The molecule has 1 aliphatic carbocycles. The molecule has 3 nitrogen and oxygen atoms in total. The number of aromatic nitrogens is 2. The van der Waals surface area contributed by atoms with Crippen LogP contribution in [-0.2, 0) is 5.88 Å². The molecule has 0 radical (unpaired) electrons. The third-order valence-electron chi connectivity index (χ3n) is 1.96. The Morgan fingerprint density at radius 1 is 1.46 bits per heavy atom. The first-order valence-corrected chi connectivity index (χ1v) is 4.91. The van der Waals surface area contributed by atoms with Crippen LogP contribution < -0.4 is 4.74 Å². The van der Waals surface area contributed by atoms with Gasteiger partial charge < -0.3 is 4.74 Å². The summed E-state index contributed by atoms with van der Waals surface area (Å²) in [6.45, 7) is 0.764. The maximum absolute atomic E-state index is 5.62. The van der Waals surface area contributed by atoms with Crippen LogP contribution in [0.15, 0.2) is 12.4 Å². The first-order chi connectivity index (χ1) is 6.38. The lowest BCUT2D eigenvalue weighted by atomic mass is 10.5. The first-order valence-electron chi connectivity index (χ1n) is 4.38. The Labute approximate surface area is 82.1 Å². The Balaban J connectivity index is 1.93. The maximum atomic E-state index is 5.62. The molecule has 1 aliphatic rings. The van der Waals surface area contributed by atoms with Crippen molar-refractivity contribution < 1.29 is 4.74 Å². The van der Waals surface area contributed by atoms with Crippen LogP contribution in [0.3, 0.4) is 0 Å². The van der Waals surface area contributed by atoms with Gasteiger partial charge in [-0.2, -0.15) is 0 Å². The van der Waals surface area contributed by atoms with Gasteiger partial charge in [0.25, 0.3) is 0 Å². The van der Waals surface area contributed by atoms with E-state index in [1.165, 1.54) is 12.8 Å². The molecule has 0 saturated heterocycles. The molecule has 0 atom stereocenters. The van der Waals surface area contributed by atoms with Gasteiger partial charge in [-0.1, -0.05) is 0 Å². The average Bonchev–Trinajstić information content (AvgIpc) is 2.99. The van der Waals surface area contributed by atoms with Crippen molar-refractivity contribution in [2.75, 3.05) is 6.61 Å². The summed E-state index contributed by atoms with van der Waals surface area (Å²) in [5.41, 5.74) is 0.759. The van der Waals surface area contributed by atoms with Gasteiger partial charge >= 0.3 is 0 Å². The quantitative estimate of drug-likeness (QED) is 0.695. The molecule has 4 heteroatoms. The number of alkyl halides is 1. The molecule has 1 aromatic rings. The van der Waals surface area contributed by atoms with Crippen LogP contribution in [0.4, 0.5) is 0 Å². The van der Waals surface area contributed by atoms with Crippen LogP contribution in [0.25, 0.3) is 0 Å². The van der Waals surface area contributed by atoms with Crippen LogP contribution >= 0.6 is 11.6 Å². The number of halogens is 1. The standard InChI is InChI=1S/C9H11ClN2O/c10-3-8-4-11-5-9(12-8)13-6-7-1-2-7/h4-5,7H,1-3,6H2. The highest BCUT2D eigenvalue weighted by Crippen LogP contribution is 2.29. The Morgan fingerprint density at radius 3 is 3.00 bits per heavy atom. The summed E-state index contributed by atoms with van der Waals surface area (Å²) in [6, 6.07) is 0. The van der Waals surface area contributed by atoms with E-state index in [0.29, 0.717) is 11.8 Å². The van der Waals surface area contributed by atoms with E-state index < -0.39 is 0 Å². The third kappa shape index (κ3) is 2.56. The molecular formula is C9H11ClN2O. The second-order valence-electron chi connectivity index (χ2n) is 3.24. The molecule has 1 saturated carbocycles. The second-order valence-corrected chi connectivity index (χ2v) is 3.50. The molecule has 0 N–H and O–H groups in total. The lowest BCUT2D eigenvalue weighted by Gasteiger charge is -2.03. The Morgan fingerprint density at radius 2 is 2.31 bits per heavy atom. The summed E-state index contributed by atoms with van der Waals surface area (Å²) in [7, 11) is 0. The highest BCUT2D eigenvalue weighted by atomic mass is 35.5. The lowest BCUT2D eigenvalue weighted by Crippen LogP contribution is -2.02. The molecule has 1 fully saturated rings. The number of hydrogen-bond donors (Lipinski definition) is 0. The topological polar surface area (TPSA) is 35.0 Å². The Bertz CT molecular complexity index is 289. The van der Waals surface area contributed by atoms with Crippen molar-refractivity contribution in [2.24, 2.45) is 5.92 Å². The molecule has 1 aromatic heterocycles. The van der Waals surface area contributed by atoms with Crippen LogP contribution in [0, 0.1) is 5.92 Å². The summed E-state index contributed by atoms with van der Waals surface area (Å²) >= 11 is 5.62. The van der Waals surface area contributed by atoms with Crippen molar-refractivity contribution in [3.05, 3.63) is 18.1 Å². The minimum absolute atomic E-state index is 0.383. The molecule has 70 valence electrons. The van der Waals surface area contributed by atoms with Gasteiger partial charge in [0.1, 0.15) is 0 Å². The molecular weight excluding hydrogens is 188 g/mol. The van der Waals surface area contributed by atoms with Crippen LogP contribution in [0.1, 0.15) is 18.5 Å². The van der Waals surface area contributed by atoms with Crippen molar-refractivity contribution in [3.8, 4) is 5.88 Å². The Kier molecular flexibility index (Phi) is 2.64. The van der Waals surface area contributed by atoms with Crippen molar-refractivity contribution in [2.45, 2.75) is 18.7 Å². The van der Waals surface area contributed by atoms with Crippen molar-refractivity contribution >= 4 is 11.6 Å². The molecule has 0 aromatic carbocycles. The number of rotatable bonds is 4. The van der Waals surface area contributed by atoms with E-state index in [1.54, 1.807) is 12.4 Å². The average molecular weight is 199 g/mol. The van der Waals surface area contributed by atoms with Gasteiger partial charge in [-0.25, -0.2) is 4.98 Å². The predicted molar refractivity (Wildman–Crippen MR) is 49.8 cm³/mol. The van der Waals surface area contributed by atoms with Crippen molar-refractivity contribution in [1.29, 1.82) is 0 Å². The van der Waals surface area contributed by atoms with E-state index in [0.717, 1.165) is 18.2 Å². The molecule has 0 unspecified atom stereocenters. The van der Waals surface area contributed by atoms with Gasteiger partial charge in [0.05, 0.1) is 24.4 Å². The van der Waals surface area contributed by atoms with Gasteiger partial charge in [0.15, 0.2) is 0 Å². The molecule has 13 heavy (non-hydrogen) atoms. The fourth-order valence-corrected chi connectivity index (χ4v) is 1.14. The molecule has 0 spiro atoms. The second kappa shape index (κ2) is 3.92. The smallest absolute Gasteiger partial charge is 0.232 e. The molecule has 0 amide bonds. The monoisotopic (exact) mass is 198 g/mol. The Hall–Kier alpha value is -0.830. The van der Waals surface area contributed by atoms with E-state index in [1.807, 2.05) is 0 Å². The third-order valence-corrected chi connectivity index (χ3v) is 2.24. The summed E-state index contributed by atoms with van der Waals surface area (Å²) in [5.74, 6) is 1.71. The normalized spacial score (nSPS) is 15.8. The zero-order chi connectivity index (χ0) is 9.10. The van der Waals surface area contributed by atoms with Gasteiger partial charge in [0, 0.05) is 6.20 Å². The van der Waals surface area contributed by atoms with E-state index in [-0.39, 0.29) is 0 Å². The summed E-state index contributed by atoms with van der Waals surface area (Å²) in [4.78, 5) is 8.16. The highest BCUT2D eigenvalue weighted by Gasteiger charge is 2.22. The van der Waals surface area contributed by atoms with Crippen LogP contribution in [0.5, 0.6) is 5.88 Å². The van der Waals surface area contributed by atoms with Crippen LogP contribution in [0.2, 0.25) is 0 Å². The van der Waals surface area contributed by atoms with E-state index >= 15 is 0 Å². The molecule has 0 aliphatic heterocycles. The van der Waals surface area contributed by atoms with E-state index in [4.69, 9.17) is 16.3 Å². The predicted octanol–water partition coefficient (Wildman–Crippen LogP) is 2.00. The molecule has 0 bridgehead atoms. The van der Waals surface area contributed by atoms with Gasteiger partial charge in [-0.05, 0) is 18.8 Å². The lowest BCUT2D eigenvalue weighted by molar-refractivity contribution is 0.286. The first kappa shape index (κ1) is 8.75. The number of nitrogens with zero attached hydrogens (tertiary/aromatic N) is 2. The highest BCUT2D eigenvalue weighted by molar-refractivity contribution is 6.16. The van der Waals surface area contributed by atoms with Crippen molar-refractivity contribution in [3.63, 3.8) is 0 Å². The summed E-state index contributed by atoms with van der Waals surface area (Å²) in [5, 5.41) is 0. The van der Waals surface area contributed by atoms with Gasteiger partial charge in [-0.3, -0.25) is 4.98 Å². The van der Waals surface area contributed by atoms with E-state index in [9.17, 15) is 0 Å². The van der Waals surface area contributed by atoms with Gasteiger partial charge in [-0.15, -0.1) is 11.6 Å². The fraction of sp³-hybridized carbons (Fsp3) is 0.556. The summed E-state index contributed by atoms with van der Waals surface area (Å²) < 4.78 is 5.44. The minimum atomic E-state index is 0.383. The SMILES string of the molecule is ClCc1cncc(OCC2CC2)n1. The van der Waals surface area contributed by atoms with Gasteiger partial charge in [0.2, 0.25) is 5.88 Å². The number of hydrogen-bond acceptors (Lipinski definition) is 3. The summed E-state index contributed by atoms with van der Waals surface area (Å²) in [6.07, 6.45) is 5.83. The molecule has 2 rings (SSSR count). The van der Waals surface area contributed by atoms with E-state index in [2.05, 4.69) is 9.97 Å².